The monoisotopic (exact) mass is 403 g/mol. The third kappa shape index (κ3) is 4.21. The van der Waals surface area contributed by atoms with Gasteiger partial charge in [-0.15, -0.1) is 0 Å². The Morgan fingerprint density at radius 3 is 2.48 bits per heavy atom. The molecule has 0 saturated carbocycles. The Kier molecular flexibility index (Phi) is 5.89. The van der Waals surface area contributed by atoms with Crippen molar-refractivity contribution >= 4 is 44.8 Å². The highest BCUT2D eigenvalue weighted by Gasteiger charge is 2.21. The Labute approximate surface area is 155 Å². The van der Waals surface area contributed by atoms with Crippen molar-refractivity contribution in [3.63, 3.8) is 0 Å². The molecule has 1 N–H and O–H groups in total. The Balaban J connectivity index is 2.44. The molecule has 0 saturated heterocycles. The van der Waals surface area contributed by atoms with Crippen LogP contribution in [0.5, 0.6) is 5.75 Å². The molecule has 1 aromatic carbocycles. The molecule has 2 aromatic rings. The van der Waals surface area contributed by atoms with Crippen molar-refractivity contribution in [2.75, 3.05) is 26.5 Å². The van der Waals surface area contributed by atoms with Gasteiger partial charge in [0.1, 0.15) is 16.6 Å². The summed E-state index contributed by atoms with van der Waals surface area (Å²) >= 11 is 11.7. The van der Waals surface area contributed by atoms with Crippen molar-refractivity contribution in [3.05, 3.63) is 46.2 Å². The number of rotatable bonds is 5. The van der Waals surface area contributed by atoms with Crippen molar-refractivity contribution in [3.8, 4) is 5.75 Å². The zero-order valence-corrected chi connectivity index (χ0v) is 15.9. The van der Waals surface area contributed by atoms with Gasteiger partial charge in [-0.25, -0.2) is 17.7 Å². The largest absolute Gasteiger partial charge is 0.495 e. The van der Waals surface area contributed by atoms with Crippen molar-refractivity contribution in [1.29, 1.82) is 0 Å². The summed E-state index contributed by atoms with van der Waals surface area (Å²) < 4.78 is 30.7. The molecule has 25 heavy (non-hydrogen) atoms. The SMILES string of the molecule is COc1ccc(S(=O)(=O)N(C)C)cc1NC(=O)c1nc(Cl)ccc1Cl. The van der Waals surface area contributed by atoms with E-state index >= 15 is 0 Å². The Bertz CT molecular complexity index is 917. The molecule has 0 aliphatic carbocycles. The highest BCUT2D eigenvalue weighted by atomic mass is 35.5. The van der Waals surface area contributed by atoms with E-state index < -0.39 is 15.9 Å². The lowest BCUT2D eigenvalue weighted by molar-refractivity contribution is 0.102. The minimum Gasteiger partial charge on any atom is -0.495 e. The van der Waals surface area contributed by atoms with E-state index in [2.05, 4.69) is 10.3 Å². The summed E-state index contributed by atoms with van der Waals surface area (Å²) in [6, 6.07) is 7.01. The van der Waals surface area contributed by atoms with Gasteiger partial charge in [-0.05, 0) is 30.3 Å². The van der Waals surface area contributed by atoms with Crippen LogP contribution in [-0.2, 0) is 10.0 Å². The number of halogens is 2. The molecule has 0 aliphatic heterocycles. The van der Waals surface area contributed by atoms with E-state index in [0.717, 1.165) is 4.31 Å². The van der Waals surface area contributed by atoms with E-state index in [0.29, 0.717) is 0 Å². The van der Waals surface area contributed by atoms with Crippen LogP contribution < -0.4 is 10.1 Å². The Hall–Kier alpha value is -1.87. The van der Waals surface area contributed by atoms with Crippen LogP contribution >= 0.6 is 23.2 Å². The minimum absolute atomic E-state index is 0.00116. The summed E-state index contributed by atoms with van der Waals surface area (Å²) in [5.74, 6) is -0.366. The molecular formula is C15H15Cl2N3O4S. The van der Waals surface area contributed by atoms with Crippen LogP contribution in [0.3, 0.4) is 0 Å². The lowest BCUT2D eigenvalue weighted by Crippen LogP contribution is -2.22. The van der Waals surface area contributed by atoms with Gasteiger partial charge in [-0.3, -0.25) is 4.79 Å². The van der Waals surface area contributed by atoms with Crippen LogP contribution in [-0.4, -0.2) is 44.8 Å². The quantitative estimate of drug-likeness (QED) is 0.775. The fourth-order valence-electron chi connectivity index (χ4n) is 1.92. The van der Waals surface area contributed by atoms with Gasteiger partial charge < -0.3 is 10.1 Å². The van der Waals surface area contributed by atoms with Crippen molar-refractivity contribution < 1.29 is 17.9 Å². The van der Waals surface area contributed by atoms with Gasteiger partial charge in [0.05, 0.1) is 22.7 Å². The predicted octanol–water partition coefficient (Wildman–Crippen LogP) is 2.90. The predicted molar refractivity (Wildman–Crippen MR) is 96.1 cm³/mol. The number of methoxy groups -OCH3 is 1. The number of hydrogen-bond donors (Lipinski definition) is 1. The van der Waals surface area contributed by atoms with Crippen LogP contribution in [0.25, 0.3) is 0 Å². The van der Waals surface area contributed by atoms with E-state index in [1.54, 1.807) is 0 Å². The number of benzene rings is 1. The standard InChI is InChI=1S/C15H15Cl2N3O4S/c1-20(2)25(22,23)9-4-6-12(24-3)11(8-9)18-15(21)14-10(16)5-7-13(17)19-14/h4-8H,1-3H3,(H,18,21). The van der Waals surface area contributed by atoms with Crippen LogP contribution in [0.4, 0.5) is 5.69 Å². The number of sulfonamides is 1. The number of amides is 1. The van der Waals surface area contributed by atoms with E-state index in [1.165, 1.54) is 51.5 Å². The molecule has 0 bridgehead atoms. The lowest BCUT2D eigenvalue weighted by Gasteiger charge is -2.15. The number of hydrogen-bond acceptors (Lipinski definition) is 5. The maximum Gasteiger partial charge on any atom is 0.275 e. The summed E-state index contributed by atoms with van der Waals surface area (Å²) in [7, 11) is 0.543. The first-order valence-corrected chi connectivity index (χ1v) is 9.10. The normalized spacial score (nSPS) is 11.4. The fourth-order valence-corrected chi connectivity index (χ4v) is 3.18. The smallest absolute Gasteiger partial charge is 0.275 e. The summed E-state index contributed by atoms with van der Waals surface area (Å²) in [5, 5.41) is 2.76. The van der Waals surface area contributed by atoms with Crippen LogP contribution in [0.2, 0.25) is 10.2 Å². The highest BCUT2D eigenvalue weighted by Crippen LogP contribution is 2.29. The topological polar surface area (TPSA) is 88.6 Å². The molecule has 0 radical (unpaired) electrons. The maximum absolute atomic E-state index is 12.4. The number of nitrogens with one attached hydrogen (secondary N) is 1. The molecule has 0 spiro atoms. The average Bonchev–Trinajstić information content (AvgIpc) is 2.56. The molecule has 1 aromatic heterocycles. The van der Waals surface area contributed by atoms with E-state index in [1.807, 2.05) is 0 Å². The molecule has 134 valence electrons. The number of aromatic nitrogens is 1. The molecule has 7 nitrogen and oxygen atoms in total. The summed E-state index contributed by atoms with van der Waals surface area (Å²) in [6.07, 6.45) is 0. The summed E-state index contributed by atoms with van der Waals surface area (Å²) in [4.78, 5) is 16.3. The number of pyridine rings is 1. The van der Waals surface area contributed by atoms with Crippen molar-refractivity contribution in [2.45, 2.75) is 4.90 Å². The third-order valence-corrected chi connectivity index (χ3v) is 5.55. The van der Waals surface area contributed by atoms with Gasteiger partial charge in [0.25, 0.3) is 5.91 Å². The summed E-state index contributed by atoms with van der Waals surface area (Å²) in [6.45, 7) is 0. The first-order chi connectivity index (χ1) is 11.7. The number of anilines is 1. The van der Waals surface area contributed by atoms with Gasteiger partial charge in [0.2, 0.25) is 10.0 Å². The molecule has 1 amide bonds. The maximum atomic E-state index is 12.4. The van der Waals surface area contributed by atoms with Gasteiger partial charge >= 0.3 is 0 Å². The van der Waals surface area contributed by atoms with Gasteiger partial charge in [0.15, 0.2) is 0 Å². The number of ether oxygens (including phenoxy) is 1. The molecule has 10 heteroatoms. The summed E-state index contributed by atoms with van der Waals surface area (Å²) in [5.41, 5.74) is 0.0744. The number of carbonyl (C=O) groups excluding carboxylic acids is 1. The highest BCUT2D eigenvalue weighted by molar-refractivity contribution is 7.89. The van der Waals surface area contributed by atoms with Gasteiger partial charge in [0, 0.05) is 14.1 Å². The van der Waals surface area contributed by atoms with Gasteiger partial charge in [-0.2, -0.15) is 0 Å². The molecule has 0 aliphatic rings. The molecule has 0 fully saturated rings. The number of nitrogens with zero attached hydrogens (tertiary/aromatic N) is 2. The molecule has 0 unspecified atom stereocenters. The van der Waals surface area contributed by atoms with E-state index in [9.17, 15) is 13.2 Å². The first-order valence-electron chi connectivity index (χ1n) is 6.90. The van der Waals surface area contributed by atoms with Crippen LogP contribution in [0.1, 0.15) is 10.5 Å². The van der Waals surface area contributed by atoms with Crippen molar-refractivity contribution in [1.82, 2.24) is 9.29 Å². The van der Waals surface area contributed by atoms with E-state index in [4.69, 9.17) is 27.9 Å². The van der Waals surface area contributed by atoms with Crippen LogP contribution in [0, 0.1) is 0 Å². The minimum atomic E-state index is -3.68. The zero-order valence-electron chi connectivity index (χ0n) is 13.6. The van der Waals surface area contributed by atoms with Crippen LogP contribution in [0.15, 0.2) is 35.2 Å². The van der Waals surface area contributed by atoms with Gasteiger partial charge in [-0.1, -0.05) is 23.2 Å². The second-order valence-corrected chi connectivity index (χ2v) is 8.01. The van der Waals surface area contributed by atoms with E-state index in [-0.39, 0.29) is 32.2 Å². The zero-order chi connectivity index (χ0) is 18.8. The number of carbonyl (C=O) groups is 1. The first kappa shape index (κ1) is 19.5. The lowest BCUT2D eigenvalue weighted by atomic mass is 10.2. The van der Waals surface area contributed by atoms with Crippen molar-refractivity contribution in [2.24, 2.45) is 0 Å². The molecular weight excluding hydrogens is 389 g/mol. The Morgan fingerprint density at radius 1 is 1.20 bits per heavy atom. The third-order valence-electron chi connectivity index (χ3n) is 3.22. The molecule has 1 heterocycles. The second kappa shape index (κ2) is 7.57. The molecule has 0 atom stereocenters. The average molecular weight is 404 g/mol. The molecule has 2 rings (SSSR count). The fraction of sp³-hybridized carbons (Fsp3) is 0.200. The Morgan fingerprint density at radius 2 is 1.88 bits per heavy atom. The second-order valence-electron chi connectivity index (χ2n) is 5.07.